The van der Waals surface area contributed by atoms with Crippen molar-refractivity contribution >= 4 is 30.3 Å². The van der Waals surface area contributed by atoms with Gasteiger partial charge in [-0.3, -0.25) is 24.4 Å². The van der Waals surface area contributed by atoms with Gasteiger partial charge in [0.25, 0.3) is 0 Å². The second-order valence-corrected chi connectivity index (χ2v) is 19.7. The van der Waals surface area contributed by atoms with Crippen LogP contribution in [0, 0.1) is 0 Å². The number of phenols is 2. The zero-order valence-electron chi connectivity index (χ0n) is 37.7. The van der Waals surface area contributed by atoms with Crippen molar-refractivity contribution in [1.29, 1.82) is 0 Å². The molecule has 333 valence electrons. The zero-order valence-corrected chi connectivity index (χ0v) is 38.7. The van der Waals surface area contributed by atoms with E-state index < -0.39 is 11.9 Å². The summed E-state index contributed by atoms with van der Waals surface area (Å²) in [7, 11) is 0. The maximum absolute atomic E-state index is 11.7. The summed E-state index contributed by atoms with van der Waals surface area (Å²) in [5.74, 6) is -1.61. The fourth-order valence-corrected chi connectivity index (χ4v) is 8.21. The van der Waals surface area contributed by atoms with Gasteiger partial charge in [-0.1, -0.05) is 118 Å². The molecule has 1 saturated carbocycles. The van der Waals surface area contributed by atoms with Crippen LogP contribution >= 0.6 is 0 Å². The molecule has 12 heteroatoms. The minimum Gasteiger partial charge on any atom is -0.507 e. The van der Waals surface area contributed by atoms with E-state index in [9.17, 15) is 10.2 Å². The number of phenolic OH excluding ortho intramolecular Hbond substituents is 2. The summed E-state index contributed by atoms with van der Waals surface area (Å²) >= 11 is 0. The smallest absolute Gasteiger partial charge is 0.414 e. The molecular weight excluding hydrogens is 814 g/mol. The van der Waals surface area contributed by atoms with E-state index in [2.05, 4.69) is 131 Å². The van der Waals surface area contributed by atoms with Crippen LogP contribution in [0.4, 0.5) is 0 Å². The van der Waals surface area contributed by atoms with Gasteiger partial charge in [-0.05, 0) is 76.3 Å². The Balaban J connectivity index is 0.00000109. The zero-order chi connectivity index (χ0) is 44.0. The molecule has 0 aromatic heterocycles. The summed E-state index contributed by atoms with van der Waals surface area (Å²) in [5, 5.41) is 37.9. The summed E-state index contributed by atoms with van der Waals surface area (Å²) in [4.78, 5) is 33.5. The fourth-order valence-electron chi connectivity index (χ4n) is 8.21. The molecule has 2 heterocycles. The van der Waals surface area contributed by atoms with E-state index >= 15 is 0 Å². The Morgan fingerprint density at radius 2 is 1.23 bits per heavy atom. The van der Waals surface area contributed by atoms with Crippen molar-refractivity contribution in [3.05, 3.63) is 93.5 Å². The Labute approximate surface area is 373 Å². The van der Waals surface area contributed by atoms with Crippen LogP contribution in [-0.4, -0.2) is 110 Å². The Kier molecular flexibility index (Phi) is 16.4. The molecule has 0 amide bonds. The number of aliphatic carboxylic acids is 2. The number of carbonyl (C=O) groups is 2. The number of guanidine groups is 1. The fraction of sp³-hybridized carbons (Fsp3) is 0.531. The molecule has 0 bridgehead atoms. The van der Waals surface area contributed by atoms with Crippen LogP contribution in [0.15, 0.2) is 64.6 Å². The second kappa shape index (κ2) is 20.5. The summed E-state index contributed by atoms with van der Waals surface area (Å²) in [6, 6.07) is 19.4. The minimum atomic E-state index is -1.82. The number of benzene rings is 3. The maximum Gasteiger partial charge on any atom is 0.414 e. The standard InChI is InChI=1S/C47H65N5O2.C2H2O4.Co/c1-45(2,3)37-26-34(18-15-21-50-22-23-51-24-25-52(44(50)51)32-33-16-11-10-12-17-33)42(53)35(27-37)30-48-40-19-13-14-20-41(40)49-31-36-28-38(46(4,5)6)29-39(43(36)54)47(7,8)9;3-1(4)2(5)6;/h10-12,16-17,26-31,40-41H,13-15,18-25,32H2,1-9H3,(H-,48,49,53,54);(H,3,4)(H,5,6);/p+1. The van der Waals surface area contributed by atoms with E-state index in [1.165, 1.54) is 22.6 Å². The Morgan fingerprint density at radius 1 is 0.721 bits per heavy atom. The van der Waals surface area contributed by atoms with Crippen molar-refractivity contribution in [3.63, 3.8) is 0 Å². The second-order valence-electron chi connectivity index (χ2n) is 19.7. The molecule has 3 aromatic rings. The summed E-state index contributed by atoms with van der Waals surface area (Å²) < 4.78 is 2.53. The normalized spacial score (nSPS) is 18.3. The van der Waals surface area contributed by atoms with Gasteiger partial charge in [0.05, 0.1) is 51.4 Å². The number of aromatic hydroxyl groups is 2. The first-order valence-corrected chi connectivity index (χ1v) is 21.6. The Hall–Kier alpha value is -4.68. The van der Waals surface area contributed by atoms with Gasteiger partial charge in [-0.15, -0.1) is 0 Å². The first-order valence-electron chi connectivity index (χ1n) is 21.6. The Morgan fingerprint density at radius 3 is 1.74 bits per heavy atom. The van der Waals surface area contributed by atoms with Crippen LogP contribution in [0.3, 0.4) is 0 Å². The van der Waals surface area contributed by atoms with E-state index in [0.717, 1.165) is 100 Å². The number of aliphatic imine (C=N–C) groups is 2. The molecular formula is C49H68CoN5O6+. The third-order valence-electron chi connectivity index (χ3n) is 11.8. The summed E-state index contributed by atoms with van der Waals surface area (Å²) in [6.45, 7) is 26.0. The van der Waals surface area contributed by atoms with Gasteiger partial charge >= 0.3 is 17.9 Å². The molecule has 1 fully saturated rings. The molecule has 3 aromatic carbocycles. The quantitative estimate of drug-likeness (QED) is 0.0907. The molecule has 2 aliphatic heterocycles. The van der Waals surface area contributed by atoms with Crippen molar-refractivity contribution in [3.8, 4) is 11.5 Å². The van der Waals surface area contributed by atoms with Crippen molar-refractivity contribution in [1.82, 2.24) is 9.80 Å². The number of carboxylic acid groups (broad SMARTS) is 2. The minimum absolute atomic E-state index is 0. The van der Waals surface area contributed by atoms with Crippen LogP contribution in [-0.2, 0) is 55.6 Å². The molecule has 61 heavy (non-hydrogen) atoms. The monoisotopic (exact) mass is 881 g/mol. The van der Waals surface area contributed by atoms with Gasteiger partial charge in [0.2, 0.25) is 0 Å². The first-order chi connectivity index (χ1) is 28.1. The number of rotatable bonds is 10. The van der Waals surface area contributed by atoms with Gasteiger partial charge in [-0.2, -0.15) is 0 Å². The van der Waals surface area contributed by atoms with E-state index in [0.29, 0.717) is 11.5 Å². The third-order valence-corrected chi connectivity index (χ3v) is 11.8. The number of hydrogen-bond donors (Lipinski definition) is 4. The largest absolute Gasteiger partial charge is 0.507 e. The third kappa shape index (κ3) is 12.9. The first kappa shape index (κ1) is 49.0. The average molecular weight is 882 g/mol. The molecule has 2 unspecified atom stereocenters. The van der Waals surface area contributed by atoms with Crippen LogP contribution in [0.5, 0.6) is 11.5 Å². The topological polar surface area (TPSA) is 149 Å². The van der Waals surface area contributed by atoms with E-state index in [4.69, 9.17) is 29.8 Å². The number of carboxylic acids is 2. The molecule has 3 aliphatic rings. The van der Waals surface area contributed by atoms with Crippen LogP contribution in [0.2, 0.25) is 0 Å². The van der Waals surface area contributed by atoms with Gasteiger partial charge < -0.3 is 20.4 Å². The molecule has 1 radical (unpaired) electrons. The van der Waals surface area contributed by atoms with Crippen LogP contribution in [0.1, 0.15) is 133 Å². The molecule has 2 atom stereocenters. The molecule has 4 N–H and O–H groups in total. The molecule has 1 aliphatic carbocycles. The maximum atomic E-state index is 11.7. The number of nitrogens with zero attached hydrogens (tertiary/aromatic N) is 5. The SMILES string of the molecule is CC(C)(C)c1cc(C=NC2CCCCC2N=Cc2cc(C(C)(C)C)cc(C(C)(C)C)c2O)c(O)c(CCCN2CC[N+]3=C2N(Cc2ccccc2)CC3)c1.O=C(O)C(=O)O.[Co]. The van der Waals surface area contributed by atoms with E-state index in [-0.39, 0.29) is 45.1 Å². The Bertz CT molecular complexity index is 2080. The van der Waals surface area contributed by atoms with Gasteiger partial charge in [0.1, 0.15) is 11.5 Å². The summed E-state index contributed by atoms with van der Waals surface area (Å²) in [6.07, 6.45) is 9.72. The van der Waals surface area contributed by atoms with Crippen molar-refractivity contribution in [2.24, 2.45) is 9.98 Å². The van der Waals surface area contributed by atoms with Crippen molar-refractivity contribution < 1.29 is 51.4 Å². The van der Waals surface area contributed by atoms with E-state index in [1.54, 1.807) is 0 Å². The van der Waals surface area contributed by atoms with Crippen LogP contribution in [0.25, 0.3) is 0 Å². The predicted octanol–water partition coefficient (Wildman–Crippen LogP) is 8.13. The summed E-state index contributed by atoms with van der Waals surface area (Å²) in [5.41, 5.74) is 6.97. The molecule has 0 saturated heterocycles. The average Bonchev–Trinajstić information content (AvgIpc) is 3.77. The van der Waals surface area contributed by atoms with Gasteiger partial charge in [0, 0.05) is 45.9 Å². The van der Waals surface area contributed by atoms with E-state index in [1.807, 2.05) is 12.4 Å². The number of aryl methyl sites for hydroxylation is 1. The van der Waals surface area contributed by atoms with Crippen LogP contribution < -0.4 is 0 Å². The van der Waals surface area contributed by atoms with Crippen molar-refractivity contribution in [2.75, 3.05) is 32.7 Å². The molecule has 6 rings (SSSR count). The molecule has 11 nitrogen and oxygen atoms in total. The van der Waals surface area contributed by atoms with Gasteiger partial charge in [0.15, 0.2) is 0 Å². The molecule has 0 spiro atoms. The van der Waals surface area contributed by atoms with Gasteiger partial charge in [-0.25, -0.2) is 9.59 Å². The number of hydrogen-bond acceptors (Lipinski definition) is 8. The van der Waals surface area contributed by atoms with Crippen molar-refractivity contribution in [2.45, 2.75) is 136 Å². The predicted molar refractivity (Wildman–Crippen MR) is 241 cm³/mol.